The van der Waals surface area contributed by atoms with Gasteiger partial charge in [-0.15, -0.1) is 0 Å². The van der Waals surface area contributed by atoms with Crippen LogP contribution in [0.25, 0.3) is 0 Å². The first-order valence-corrected chi connectivity index (χ1v) is 9.19. The van der Waals surface area contributed by atoms with Gasteiger partial charge in [-0.25, -0.2) is 4.79 Å². The van der Waals surface area contributed by atoms with Gasteiger partial charge >= 0.3 is 6.09 Å². The second-order valence-corrected chi connectivity index (χ2v) is 8.69. The summed E-state index contributed by atoms with van der Waals surface area (Å²) >= 11 is 2.01. The fraction of sp³-hybridized carbons (Fsp3) is 0.611. The molecule has 1 saturated heterocycles. The summed E-state index contributed by atoms with van der Waals surface area (Å²) in [7, 11) is 1.78. The molecule has 23 heavy (non-hydrogen) atoms. The number of hydrogen-bond acceptors (Lipinski definition) is 4. The highest BCUT2D eigenvalue weighted by atomic mass is 32.2. The topological polar surface area (TPSA) is 41.6 Å². The fourth-order valence-corrected chi connectivity index (χ4v) is 3.75. The molecule has 1 fully saturated rings. The molecule has 5 heteroatoms. The molecule has 1 aromatic rings. The largest absolute Gasteiger partial charge is 0.444 e. The molecule has 2 unspecified atom stereocenters. The average molecular weight is 337 g/mol. The van der Waals surface area contributed by atoms with E-state index in [0.717, 1.165) is 17.0 Å². The molecule has 1 aliphatic rings. The van der Waals surface area contributed by atoms with Crippen molar-refractivity contribution >= 4 is 23.5 Å². The van der Waals surface area contributed by atoms with Crippen LogP contribution in [-0.2, 0) is 11.3 Å². The lowest BCUT2D eigenvalue weighted by atomic mass is 10.1. The molecule has 0 radical (unpaired) electrons. The predicted octanol–water partition coefficient (Wildman–Crippen LogP) is 4.36. The van der Waals surface area contributed by atoms with E-state index in [1.807, 2.05) is 44.7 Å². The Morgan fingerprint density at radius 3 is 2.70 bits per heavy atom. The third-order valence-electron chi connectivity index (χ3n) is 3.69. The van der Waals surface area contributed by atoms with Crippen LogP contribution in [0, 0.1) is 0 Å². The third kappa shape index (κ3) is 5.65. The van der Waals surface area contributed by atoms with Crippen LogP contribution in [-0.4, -0.2) is 40.7 Å². The Morgan fingerprint density at radius 1 is 1.39 bits per heavy atom. The van der Waals surface area contributed by atoms with Crippen molar-refractivity contribution in [2.45, 2.75) is 57.6 Å². The zero-order valence-electron chi connectivity index (χ0n) is 14.8. The van der Waals surface area contributed by atoms with Gasteiger partial charge in [-0.3, -0.25) is 0 Å². The highest BCUT2D eigenvalue weighted by Crippen LogP contribution is 2.29. The van der Waals surface area contributed by atoms with E-state index < -0.39 is 5.60 Å². The van der Waals surface area contributed by atoms with Gasteiger partial charge < -0.3 is 15.0 Å². The number of ether oxygens (including phenoxy) is 1. The monoisotopic (exact) mass is 336 g/mol. The van der Waals surface area contributed by atoms with Crippen LogP contribution in [0.3, 0.4) is 0 Å². The molecule has 0 aromatic heterocycles. The van der Waals surface area contributed by atoms with Crippen molar-refractivity contribution in [1.82, 2.24) is 4.90 Å². The summed E-state index contributed by atoms with van der Waals surface area (Å²) in [5, 5.41) is 4.34. The Labute approximate surface area is 144 Å². The SMILES string of the molecule is CC1CC(Nc2ccccc2CN(C)C(=O)OC(C)(C)C)CS1. The van der Waals surface area contributed by atoms with Crippen LogP contribution in [0.1, 0.15) is 39.7 Å². The maximum absolute atomic E-state index is 12.1. The number of nitrogens with zero attached hydrogens (tertiary/aromatic N) is 1. The van der Waals surface area contributed by atoms with E-state index in [0.29, 0.717) is 17.8 Å². The Kier molecular flexibility index (Phi) is 5.84. The van der Waals surface area contributed by atoms with Crippen LogP contribution in [0.2, 0.25) is 0 Å². The van der Waals surface area contributed by atoms with Gasteiger partial charge in [0.1, 0.15) is 5.60 Å². The zero-order chi connectivity index (χ0) is 17.0. The lowest BCUT2D eigenvalue weighted by Crippen LogP contribution is -2.34. The summed E-state index contributed by atoms with van der Waals surface area (Å²) in [5.41, 5.74) is 1.76. The number of carbonyl (C=O) groups excluding carboxylic acids is 1. The number of nitrogens with one attached hydrogen (secondary N) is 1. The van der Waals surface area contributed by atoms with Crippen LogP contribution >= 0.6 is 11.8 Å². The summed E-state index contributed by atoms with van der Waals surface area (Å²) in [4.78, 5) is 13.8. The van der Waals surface area contributed by atoms with Gasteiger partial charge in [0.2, 0.25) is 0 Å². The smallest absolute Gasteiger partial charge is 0.410 e. The number of thioether (sulfide) groups is 1. The van der Waals surface area contributed by atoms with Crippen molar-refractivity contribution < 1.29 is 9.53 Å². The van der Waals surface area contributed by atoms with Crippen molar-refractivity contribution in [1.29, 1.82) is 0 Å². The van der Waals surface area contributed by atoms with Crippen LogP contribution in [0.4, 0.5) is 10.5 Å². The van der Waals surface area contributed by atoms with Crippen LogP contribution in [0.15, 0.2) is 24.3 Å². The van der Waals surface area contributed by atoms with Crippen molar-refractivity contribution in [2.75, 3.05) is 18.1 Å². The van der Waals surface area contributed by atoms with Gasteiger partial charge in [0, 0.05) is 29.8 Å². The molecule has 1 aromatic carbocycles. The Morgan fingerprint density at radius 2 is 2.09 bits per heavy atom. The highest BCUT2D eigenvalue weighted by molar-refractivity contribution is 8.00. The maximum Gasteiger partial charge on any atom is 0.410 e. The number of anilines is 1. The molecule has 1 aliphatic heterocycles. The van der Waals surface area contributed by atoms with E-state index in [4.69, 9.17) is 4.74 Å². The molecule has 2 atom stereocenters. The van der Waals surface area contributed by atoms with Gasteiger partial charge in [-0.1, -0.05) is 25.1 Å². The number of para-hydroxylation sites is 1. The molecule has 1 heterocycles. The van der Waals surface area contributed by atoms with Gasteiger partial charge in [0.05, 0.1) is 6.54 Å². The van der Waals surface area contributed by atoms with E-state index in [9.17, 15) is 4.79 Å². The molecule has 4 nitrogen and oxygen atoms in total. The summed E-state index contributed by atoms with van der Waals surface area (Å²) < 4.78 is 5.42. The Balaban J connectivity index is 2.01. The molecule has 0 aliphatic carbocycles. The number of rotatable bonds is 4. The molecule has 0 bridgehead atoms. The van der Waals surface area contributed by atoms with E-state index in [1.165, 1.54) is 6.42 Å². The van der Waals surface area contributed by atoms with Gasteiger partial charge in [0.25, 0.3) is 0 Å². The quantitative estimate of drug-likeness (QED) is 0.887. The molecular weight excluding hydrogens is 308 g/mol. The molecule has 2 rings (SSSR count). The predicted molar refractivity (Wildman–Crippen MR) is 98.1 cm³/mol. The lowest BCUT2D eigenvalue weighted by molar-refractivity contribution is 0.0285. The first-order valence-electron chi connectivity index (χ1n) is 8.15. The Hall–Kier alpha value is -1.36. The first kappa shape index (κ1) is 18.0. The van der Waals surface area contributed by atoms with E-state index in [2.05, 4.69) is 24.4 Å². The van der Waals surface area contributed by atoms with E-state index >= 15 is 0 Å². The molecule has 1 N–H and O–H groups in total. The molecule has 128 valence electrons. The van der Waals surface area contributed by atoms with Gasteiger partial charge in [-0.2, -0.15) is 11.8 Å². The van der Waals surface area contributed by atoms with Gasteiger partial charge in [0.15, 0.2) is 0 Å². The minimum absolute atomic E-state index is 0.294. The lowest BCUT2D eigenvalue weighted by Gasteiger charge is -2.25. The van der Waals surface area contributed by atoms with E-state index in [1.54, 1.807) is 11.9 Å². The van der Waals surface area contributed by atoms with Crippen LogP contribution < -0.4 is 5.32 Å². The number of carbonyl (C=O) groups is 1. The Bertz CT molecular complexity index is 542. The average Bonchev–Trinajstić information content (AvgIpc) is 2.84. The van der Waals surface area contributed by atoms with E-state index in [-0.39, 0.29) is 6.09 Å². The zero-order valence-corrected chi connectivity index (χ0v) is 15.6. The first-order chi connectivity index (χ1) is 10.7. The number of amides is 1. The maximum atomic E-state index is 12.1. The second kappa shape index (κ2) is 7.47. The molecular formula is C18H28N2O2S. The minimum Gasteiger partial charge on any atom is -0.444 e. The van der Waals surface area contributed by atoms with Gasteiger partial charge in [-0.05, 0) is 38.8 Å². The van der Waals surface area contributed by atoms with Crippen molar-refractivity contribution in [3.63, 3.8) is 0 Å². The molecule has 0 spiro atoms. The summed E-state index contributed by atoms with van der Waals surface area (Å²) in [5.74, 6) is 1.14. The van der Waals surface area contributed by atoms with Crippen LogP contribution in [0.5, 0.6) is 0 Å². The fourth-order valence-electron chi connectivity index (χ4n) is 2.60. The summed E-state index contributed by atoms with van der Waals surface area (Å²) in [6.45, 7) is 8.45. The van der Waals surface area contributed by atoms with Crippen molar-refractivity contribution in [2.24, 2.45) is 0 Å². The summed E-state index contributed by atoms with van der Waals surface area (Å²) in [6.07, 6.45) is 0.887. The molecule has 0 saturated carbocycles. The second-order valence-electron chi connectivity index (χ2n) is 7.21. The highest BCUT2D eigenvalue weighted by Gasteiger charge is 2.23. The number of benzene rings is 1. The summed E-state index contributed by atoms with van der Waals surface area (Å²) in [6, 6.07) is 8.70. The minimum atomic E-state index is -0.472. The third-order valence-corrected chi connectivity index (χ3v) is 5.04. The molecule has 1 amide bonds. The number of hydrogen-bond donors (Lipinski definition) is 1. The van der Waals surface area contributed by atoms with Crippen molar-refractivity contribution in [3.05, 3.63) is 29.8 Å². The normalized spacial score (nSPS) is 21.1. The van der Waals surface area contributed by atoms with Crippen molar-refractivity contribution in [3.8, 4) is 0 Å². The standard InChI is InChI=1S/C18H28N2O2S/c1-13-10-15(12-23-13)19-16-9-7-6-8-14(16)11-20(5)17(21)22-18(2,3)4/h6-9,13,15,19H,10-12H2,1-5H3.